The second-order valence-electron chi connectivity index (χ2n) is 7.41. The highest BCUT2D eigenvalue weighted by molar-refractivity contribution is 6.31. The highest BCUT2D eigenvalue weighted by atomic mass is 35.5. The molecule has 0 aliphatic carbocycles. The van der Waals surface area contributed by atoms with E-state index in [1.165, 1.54) is 12.1 Å². The van der Waals surface area contributed by atoms with Gasteiger partial charge in [0.2, 0.25) is 11.8 Å². The average molecular weight is 437 g/mol. The molecule has 0 aliphatic rings. The summed E-state index contributed by atoms with van der Waals surface area (Å²) in [5, 5.41) is 0.571. The predicted molar refractivity (Wildman–Crippen MR) is 119 cm³/mol. The van der Waals surface area contributed by atoms with Crippen molar-refractivity contribution in [2.45, 2.75) is 32.4 Å². The number of fused-ring (bicyclic) bond motifs is 1. The van der Waals surface area contributed by atoms with Crippen LogP contribution in [0, 0.1) is 5.82 Å². The van der Waals surface area contributed by atoms with Crippen molar-refractivity contribution in [1.82, 2.24) is 9.88 Å². The maximum Gasteiger partial charge on any atom is 0.230 e. The number of carbonyl (C=O) groups is 1. The number of oxazole rings is 1. The topological polar surface area (TPSA) is 46.3 Å². The quantitative estimate of drug-likeness (QED) is 0.339. The number of carbonyl (C=O) groups excluding carboxylic acids is 1. The van der Waals surface area contributed by atoms with Crippen LogP contribution in [0.4, 0.5) is 4.39 Å². The van der Waals surface area contributed by atoms with Crippen molar-refractivity contribution in [3.05, 3.63) is 101 Å². The Morgan fingerprint density at radius 3 is 2.52 bits per heavy atom. The van der Waals surface area contributed by atoms with Crippen LogP contribution < -0.4 is 0 Å². The van der Waals surface area contributed by atoms with E-state index in [-0.39, 0.29) is 24.2 Å². The lowest BCUT2D eigenvalue weighted by molar-refractivity contribution is -0.134. The molecule has 1 unspecified atom stereocenters. The third-order valence-corrected chi connectivity index (χ3v) is 5.46. The van der Waals surface area contributed by atoms with Gasteiger partial charge in [-0.3, -0.25) is 4.79 Å². The van der Waals surface area contributed by atoms with E-state index in [1.807, 2.05) is 37.3 Å². The number of hydrogen-bond acceptors (Lipinski definition) is 3. The highest BCUT2D eigenvalue weighted by Crippen LogP contribution is 2.26. The smallest absolute Gasteiger partial charge is 0.230 e. The Balaban J connectivity index is 1.65. The highest BCUT2D eigenvalue weighted by Gasteiger charge is 2.26. The van der Waals surface area contributed by atoms with Crippen LogP contribution in [-0.4, -0.2) is 15.8 Å². The van der Waals surface area contributed by atoms with Gasteiger partial charge in [0.1, 0.15) is 11.3 Å². The third kappa shape index (κ3) is 4.94. The molecule has 1 atom stereocenters. The Bertz CT molecular complexity index is 1180. The zero-order valence-corrected chi connectivity index (χ0v) is 17.8. The van der Waals surface area contributed by atoms with Crippen molar-refractivity contribution >= 4 is 28.6 Å². The summed E-state index contributed by atoms with van der Waals surface area (Å²) in [6.45, 7) is 2.51. The zero-order valence-electron chi connectivity index (χ0n) is 17.1. The summed E-state index contributed by atoms with van der Waals surface area (Å²) in [5.74, 6) is -0.206. The van der Waals surface area contributed by atoms with E-state index in [0.29, 0.717) is 35.0 Å². The van der Waals surface area contributed by atoms with Gasteiger partial charge in [-0.25, -0.2) is 9.37 Å². The van der Waals surface area contributed by atoms with Crippen LogP contribution in [0.1, 0.15) is 36.3 Å². The normalized spacial score (nSPS) is 12.1. The van der Waals surface area contributed by atoms with E-state index in [2.05, 4.69) is 4.98 Å². The SMILES string of the molecule is CCC(C(=O)N(Cc1ccc(F)cc1)Cc1nc2cc(Cl)ccc2o1)c1ccccc1. The van der Waals surface area contributed by atoms with Gasteiger partial charge in [0.15, 0.2) is 5.58 Å². The Hall–Kier alpha value is -3.18. The van der Waals surface area contributed by atoms with Crippen molar-refractivity contribution in [2.75, 3.05) is 0 Å². The van der Waals surface area contributed by atoms with Crippen molar-refractivity contribution in [2.24, 2.45) is 0 Å². The first-order valence-corrected chi connectivity index (χ1v) is 10.5. The van der Waals surface area contributed by atoms with Gasteiger partial charge < -0.3 is 9.32 Å². The molecule has 6 heteroatoms. The summed E-state index contributed by atoms with van der Waals surface area (Å²) < 4.78 is 19.2. The second-order valence-corrected chi connectivity index (χ2v) is 7.85. The molecular formula is C25H22ClFN2O2. The predicted octanol–water partition coefficient (Wildman–Crippen LogP) is 6.34. The summed E-state index contributed by atoms with van der Waals surface area (Å²) in [6.07, 6.45) is 0.659. The van der Waals surface area contributed by atoms with E-state index in [0.717, 1.165) is 11.1 Å². The molecule has 158 valence electrons. The van der Waals surface area contributed by atoms with E-state index in [1.54, 1.807) is 35.2 Å². The van der Waals surface area contributed by atoms with E-state index in [4.69, 9.17) is 16.0 Å². The van der Waals surface area contributed by atoms with Gasteiger partial charge in [0.25, 0.3) is 0 Å². The van der Waals surface area contributed by atoms with Crippen LogP contribution in [0.2, 0.25) is 5.02 Å². The van der Waals surface area contributed by atoms with Crippen LogP contribution in [-0.2, 0) is 17.9 Å². The molecule has 0 aliphatic heterocycles. The fraction of sp³-hybridized carbons (Fsp3) is 0.200. The standard InChI is InChI=1S/C25H22ClFN2O2/c1-2-21(18-6-4-3-5-7-18)25(30)29(15-17-8-11-20(27)12-9-17)16-24-28-22-14-19(26)10-13-23(22)31-24/h3-14,21H,2,15-16H2,1H3. The lowest BCUT2D eigenvalue weighted by Gasteiger charge is -2.26. The summed E-state index contributed by atoms with van der Waals surface area (Å²) >= 11 is 6.06. The van der Waals surface area contributed by atoms with E-state index >= 15 is 0 Å². The molecule has 1 aromatic heterocycles. The average Bonchev–Trinajstić information content (AvgIpc) is 3.17. The molecule has 31 heavy (non-hydrogen) atoms. The largest absolute Gasteiger partial charge is 0.439 e. The maximum absolute atomic E-state index is 13.6. The number of hydrogen-bond donors (Lipinski definition) is 0. The van der Waals surface area contributed by atoms with Gasteiger partial charge in [-0.1, -0.05) is 61.0 Å². The Morgan fingerprint density at radius 2 is 1.81 bits per heavy atom. The minimum atomic E-state index is -0.312. The number of halogens is 2. The minimum absolute atomic E-state index is 0.0293. The summed E-state index contributed by atoms with van der Waals surface area (Å²) in [6, 6.07) is 21.1. The first-order chi connectivity index (χ1) is 15.0. The third-order valence-electron chi connectivity index (χ3n) is 5.23. The van der Waals surface area contributed by atoms with Crippen LogP contribution in [0.5, 0.6) is 0 Å². The number of aromatic nitrogens is 1. The molecular weight excluding hydrogens is 415 g/mol. The van der Waals surface area contributed by atoms with Gasteiger partial charge in [0, 0.05) is 11.6 Å². The lowest BCUT2D eigenvalue weighted by Crippen LogP contribution is -2.34. The monoisotopic (exact) mass is 436 g/mol. The van der Waals surface area contributed by atoms with Crippen molar-refractivity contribution < 1.29 is 13.6 Å². The van der Waals surface area contributed by atoms with E-state index < -0.39 is 0 Å². The summed E-state index contributed by atoms with van der Waals surface area (Å²) in [7, 11) is 0. The van der Waals surface area contributed by atoms with Gasteiger partial charge in [-0.15, -0.1) is 0 Å². The van der Waals surface area contributed by atoms with Gasteiger partial charge in [-0.2, -0.15) is 0 Å². The van der Waals surface area contributed by atoms with Gasteiger partial charge in [0.05, 0.1) is 12.5 Å². The molecule has 0 saturated carbocycles. The molecule has 0 fully saturated rings. The molecule has 4 aromatic rings. The maximum atomic E-state index is 13.6. The lowest BCUT2D eigenvalue weighted by atomic mass is 9.94. The number of amides is 1. The Kier molecular flexibility index (Phi) is 6.33. The first-order valence-electron chi connectivity index (χ1n) is 10.2. The van der Waals surface area contributed by atoms with Gasteiger partial charge in [-0.05, 0) is 47.9 Å². The van der Waals surface area contributed by atoms with Crippen LogP contribution in [0.15, 0.2) is 77.2 Å². The number of rotatable bonds is 7. The fourth-order valence-electron chi connectivity index (χ4n) is 3.66. The molecule has 0 saturated heterocycles. The second kappa shape index (κ2) is 9.31. The van der Waals surface area contributed by atoms with E-state index in [9.17, 15) is 9.18 Å². The molecule has 0 spiro atoms. The Morgan fingerprint density at radius 1 is 1.06 bits per heavy atom. The summed E-state index contributed by atoms with van der Waals surface area (Å²) in [4.78, 5) is 19.8. The molecule has 0 bridgehead atoms. The molecule has 1 heterocycles. The van der Waals surface area contributed by atoms with Crippen LogP contribution in [0.25, 0.3) is 11.1 Å². The van der Waals surface area contributed by atoms with Crippen molar-refractivity contribution in [1.29, 1.82) is 0 Å². The first kappa shape index (κ1) is 21.1. The van der Waals surface area contributed by atoms with Gasteiger partial charge >= 0.3 is 0 Å². The van der Waals surface area contributed by atoms with Crippen molar-refractivity contribution in [3.63, 3.8) is 0 Å². The number of benzene rings is 3. The molecule has 0 N–H and O–H groups in total. The fourth-order valence-corrected chi connectivity index (χ4v) is 3.83. The molecule has 4 rings (SSSR count). The molecule has 3 aromatic carbocycles. The van der Waals surface area contributed by atoms with Crippen LogP contribution >= 0.6 is 11.6 Å². The van der Waals surface area contributed by atoms with Crippen molar-refractivity contribution in [3.8, 4) is 0 Å². The molecule has 1 amide bonds. The van der Waals surface area contributed by atoms with Crippen LogP contribution in [0.3, 0.4) is 0 Å². The molecule has 0 radical (unpaired) electrons. The zero-order chi connectivity index (χ0) is 21.8. The minimum Gasteiger partial charge on any atom is -0.439 e. The molecule has 4 nitrogen and oxygen atoms in total. The number of nitrogens with zero attached hydrogens (tertiary/aromatic N) is 2. The Labute approximate surface area is 185 Å². The summed E-state index contributed by atoms with van der Waals surface area (Å²) in [5.41, 5.74) is 3.05.